The van der Waals surface area contributed by atoms with E-state index in [0.717, 1.165) is 6.42 Å². The zero-order valence-electron chi connectivity index (χ0n) is 11.0. The predicted molar refractivity (Wildman–Crippen MR) is 73.5 cm³/mol. The topological polar surface area (TPSA) is 59.0 Å². The van der Waals surface area contributed by atoms with Crippen LogP contribution in [0.1, 0.15) is 16.8 Å². The van der Waals surface area contributed by atoms with E-state index in [1.54, 1.807) is 17.0 Å². The molecule has 0 aromatic heterocycles. The van der Waals surface area contributed by atoms with Crippen LogP contribution in [-0.2, 0) is 0 Å². The number of ether oxygens (including phenoxy) is 2. The molecule has 2 aliphatic heterocycles. The molecule has 1 amide bonds. The summed E-state index contributed by atoms with van der Waals surface area (Å²) in [5, 5.41) is 9.53. The van der Waals surface area contributed by atoms with Crippen molar-refractivity contribution < 1.29 is 19.4 Å². The van der Waals surface area contributed by atoms with Gasteiger partial charge in [-0.25, -0.2) is 0 Å². The van der Waals surface area contributed by atoms with Gasteiger partial charge in [-0.1, -0.05) is 11.6 Å². The average molecular weight is 298 g/mol. The fourth-order valence-corrected chi connectivity index (χ4v) is 2.85. The third-order valence-corrected chi connectivity index (χ3v) is 3.96. The Hall–Kier alpha value is -1.46. The van der Waals surface area contributed by atoms with Crippen molar-refractivity contribution in [2.45, 2.75) is 6.42 Å². The van der Waals surface area contributed by atoms with E-state index in [-0.39, 0.29) is 18.4 Å². The van der Waals surface area contributed by atoms with Gasteiger partial charge in [0.15, 0.2) is 11.5 Å². The molecule has 0 spiro atoms. The normalized spacial score (nSPS) is 21.1. The van der Waals surface area contributed by atoms with Crippen LogP contribution in [0.2, 0.25) is 5.02 Å². The molecule has 1 unspecified atom stereocenters. The number of halogens is 1. The number of amides is 1. The second kappa shape index (κ2) is 5.50. The van der Waals surface area contributed by atoms with Gasteiger partial charge in [-0.2, -0.15) is 0 Å². The van der Waals surface area contributed by atoms with Crippen molar-refractivity contribution in [3.63, 3.8) is 0 Å². The van der Waals surface area contributed by atoms with Crippen molar-refractivity contribution in [2.24, 2.45) is 5.92 Å². The van der Waals surface area contributed by atoms with Crippen LogP contribution in [0.25, 0.3) is 0 Å². The highest BCUT2D eigenvalue weighted by Gasteiger charge is 2.28. The minimum atomic E-state index is -0.0835. The quantitative estimate of drug-likeness (QED) is 0.900. The first-order valence-electron chi connectivity index (χ1n) is 6.68. The van der Waals surface area contributed by atoms with E-state index in [0.29, 0.717) is 48.4 Å². The van der Waals surface area contributed by atoms with Crippen LogP contribution >= 0.6 is 11.6 Å². The van der Waals surface area contributed by atoms with Crippen LogP contribution in [0.5, 0.6) is 11.5 Å². The van der Waals surface area contributed by atoms with Gasteiger partial charge in [0.05, 0.1) is 5.02 Å². The lowest BCUT2D eigenvalue weighted by molar-refractivity contribution is 0.0780. The van der Waals surface area contributed by atoms with Gasteiger partial charge in [0.25, 0.3) is 5.91 Å². The Morgan fingerprint density at radius 1 is 1.40 bits per heavy atom. The minimum Gasteiger partial charge on any atom is -0.486 e. The van der Waals surface area contributed by atoms with Gasteiger partial charge in [0.1, 0.15) is 13.2 Å². The van der Waals surface area contributed by atoms with Gasteiger partial charge in [-0.15, -0.1) is 0 Å². The molecular weight excluding hydrogens is 282 g/mol. The highest BCUT2D eigenvalue weighted by atomic mass is 35.5. The molecule has 0 bridgehead atoms. The summed E-state index contributed by atoms with van der Waals surface area (Å²) in [5.41, 5.74) is 0.498. The molecule has 1 aromatic rings. The monoisotopic (exact) mass is 297 g/mol. The molecule has 5 nitrogen and oxygen atoms in total. The van der Waals surface area contributed by atoms with Crippen LogP contribution in [0, 0.1) is 5.92 Å². The number of benzene rings is 1. The van der Waals surface area contributed by atoms with Gasteiger partial charge < -0.3 is 19.5 Å². The molecule has 2 aliphatic rings. The number of hydrogen-bond acceptors (Lipinski definition) is 4. The number of hydrogen-bond donors (Lipinski definition) is 1. The van der Waals surface area contributed by atoms with Crippen LogP contribution < -0.4 is 9.47 Å². The fraction of sp³-hybridized carbons (Fsp3) is 0.500. The number of likely N-dealkylation sites (tertiary alicyclic amines) is 1. The maximum absolute atomic E-state index is 12.4. The van der Waals surface area contributed by atoms with Crippen LogP contribution in [0.4, 0.5) is 0 Å². The second-order valence-electron chi connectivity index (χ2n) is 5.07. The lowest BCUT2D eigenvalue weighted by Crippen LogP contribution is -2.29. The molecule has 108 valence electrons. The number of nitrogens with zero attached hydrogens (tertiary/aromatic N) is 1. The average Bonchev–Trinajstić information content (AvgIpc) is 2.95. The zero-order chi connectivity index (χ0) is 14.1. The summed E-state index contributed by atoms with van der Waals surface area (Å²) in [6.07, 6.45) is 0.834. The molecule has 1 N–H and O–H groups in total. The Bertz CT molecular complexity index is 534. The predicted octanol–water partition coefficient (Wildman–Crippen LogP) is 1.57. The lowest BCUT2D eigenvalue weighted by atomic mass is 10.1. The van der Waals surface area contributed by atoms with Crippen LogP contribution in [0.3, 0.4) is 0 Å². The van der Waals surface area contributed by atoms with Gasteiger partial charge >= 0.3 is 0 Å². The summed E-state index contributed by atoms with van der Waals surface area (Å²) in [4.78, 5) is 14.2. The standard InChI is InChI=1S/C14H16ClNO4/c15-11-5-10(6-12-13(11)20-4-3-19-12)14(18)16-2-1-9(7-16)8-17/h5-6,9,17H,1-4,7-8H2. The fourth-order valence-electron chi connectivity index (χ4n) is 2.58. The molecule has 0 aliphatic carbocycles. The van der Waals surface area contributed by atoms with Gasteiger partial charge in [-0.05, 0) is 18.6 Å². The Kier molecular flexibility index (Phi) is 3.72. The van der Waals surface area contributed by atoms with E-state index in [1.165, 1.54) is 0 Å². The molecule has 0 radical (unpaired) electrons. The molecule has 1 saturated heterocycles. The Morgan fingerprint density at radius 2 is 2.20 bits per heavy atom. The molecule has 2 heterocycles. The number of carbonyl (C=O) groups is 1. The Morgan fingerprint density at radius 3 is 2.95 bits per heavy atom. The van der Waals surface area contributed by atoms with E-state index in [9.17, 15) is 4.79 Å². The third kappa shape index (κ3) is 2.43. The van der Waals surface area contributed by atoms with E-state index in [4.69, 9.17) is 26.2 Å². The largest absolute Gasteiger partial charge is 0.486 e. The maximum Gasteiger partial charge on any atom is 0.254 e. The molecule has 1 atom stereocenters. The van der Waals surface area contributed by atoms with Gasteiger partial charge in [0.2, 0.25) is 0 Å². The number of aliphatic hydroxyl groups is 1. The zero-order valence-corrected chi connectivity index (χ0v) is 11.7. The summed E-state index contributed by atoms with van der Waals surface area (Å²) >= 11 is 6.14. The van der Waals surface area contributed by atoms with E-state index >= 15 is 0 Å². The minimum absolute atomic E-state index is 0.0835. The number of fused-ring (bicyclic) bond motifs is 1. The highest BCUT2D eigenvalue weighted by molar-refractivity contribution is 6.32. The summed E-state index contributed by atoms with van der Waals surface area (Å²) < 4.78 is 10.9. The molecular formula is C14H16ClNO4. The number of carbonyl (C=O) groups excluding carboxylic acids is 1. The van der Waals surface area contributed by atoms with Crippen molar-refractivity contribution in [1.29, 1.82) is 0 Å². The molecule has 0 saturated carbocycles. The van der Waals surface area contributed by atoms with E-state index < -0.39 is 0 Å². The second-order valence-corrected chi connectivity index (χ2v) is 5.48. The SMILES string of the molecule is O=C(c1cc(Cl)c2c(c1)OCCO2)N1CCC(CO)C1. The highest BCUT2D eigenvalue weighted by Crippen LogP contribution is 2.38. The first kappa shape index (κ1) is 13.5. The number of aliphatic hydroxyl groups excluding tert-OH is 1. The summed E-state index contributed by atoms with van der Waals surface area (Å²) in [7, 11) is 0. The maximum atomic E-state index is 12.4. The number of rotatable bonds is 2. The first-order valence-corrected chi connectivity index (χ1v) is 7.06. The summed E-state index contributed by atoms with van der Waals surface area (Å²) in [6.45, 7) is 2.28. The van der Waals surface area contributed by atoms with Crippen molar-refractivity contribution >= 4 is 17.5 Å². The summed E-state index contributed by atoms with van der Waals surface area (Å²) in [6, 6.07) is 3.29. The van der Waals surface area contributed by atoms with Crippen molar-refractivity contribution in [2.75, 3.05) is 32.9 Å². The molecule has 1 aromatic carbocycles. The summed E-state index contributed by atoms with van der Waals surface area (Å²) in [5.74, 6) is 1.11. The first-order chi connectivity index (χ1) is 9.69. The van der Waals surface area contributed by atoms with Crippen LogP contribution in [-0.4, -0.2) is 48.8 Å². The molecule has 1 fully saturated rings. The van der Waals surface area contributed by atoms with Crippen molar-refractivity contribution in [3.8, 4) is 11.5 Å². The molecule has 20 heavy (non-hydrogen) atoms. The van der Waals surface area contributed by atoms with Gasteiger partial charge in [-0.3, -0.25) is 4.79 Å². The smallest absolute Gasteiger partial charge is 0.254 e. The van der Waals surface area contributed by atoms with Crippen molar-refractivity contribution in [3.05, 3.63) is 22.7 Å². The third-order valence-electron chi connectivity index (χ3n) is 3.68. The molecule has 6 heteroatoms. The Balaban J connectivity index is 1.83. The van der Waals surface area contributed by atoms with E-state index in [2.05, 4.69) is 0 Å². The Labute approximate surface area is 122 Å². The van der Waals surface area contributed by atoms with E-state index in [1.807, 2.05) is 0 Å². The van der Waals surface area contributed by atoms with Crippen LogP contribution in [0.15, 0.2) is 12.1 Å². The lowest BCUT2D eigenvalue weighted by Gasteiger charge is -2.21. The molecule has 3 rings (SSSR count). The van der Waals surface area contributed by atoms with Gasteiger partial charge in [0, 0.05) is 31.2 Å². The van der Waals surface area contributed by atoms with Crippen molar-refractivity contribution in [1.82, 2.24) is 4.90 Å².